The van der Waals surface area contributed by atoms with Gasteiger partial charge in [-0.1, -0.05) is 18.2 Å². The van der Waals surface area contributed by atoms with Crippen molar-refractivity contribution in [2.45, 2.75) is 19.4 Å². The summed E-state index contributed by atoms with van der Waals surface area (Å²) in [5.74, 6) is -0.741. The highest BCUT2D eigenvalue weighted by molar-refractivity contribution is 7.91. The fraction of sp³-hybridized carbons (Fsp3) is 0.417. The van der Waals surface area contributed by atoms with Gasteiger partial charge in [-0.2, -0.15) is 0 Å². The molecule has 0 radical (unpaired) electrons. The van der Waals surface area contributed by atoms with Gasteiger partial charge in [-0.25, -0.2) is 8.42 Å². The number of sulfone groups is 1. The maximum atomic E-state index is 11.5. The first-order chi connectivity index (χ1) is 8.87. The minimum Gasteiger partial charge on any atom is -0.423 e. The van der Waals surface area contributed by atoms with Crippen LogP contribution >= 0.6 is 0 Å². The Kier molecular flexibility index (Phi) is 4.08. The normalized spacial score (nSPS) is 14.5. The van der Waals surface area contributed by atoms with E-state index in [-0.39, 0.29) is 12.2 Å². The van der Waals surface area contributed by atoms with Crippen LogP contribution in [0.4, 0.5) is 0 Å². The lowest BCUT2D eigenvalue weighted by Crippen LogP contribution is -2.31. The van der Waals surface area contributed by atoms with Gasteiger partial charge in [-0.15, -0.1) is 0 Å². The molecule has 0 saturated heterocycles. The number of rotatable bonds is 5. The second-order valence-electron chi connectivity index (χ2n) is 4.76. The molecule has 0 atom stereocenters. The SMILES string of the molecule is CS(=O)(=O)CC(=O)CCc1cccc2c1B(O)OC2. The lowest BCUT2D eigenvalue weighted by Gasteiger charge is -2.07. The largest absolute Gasteiger partial charge is 0.492 e. The van der Waals surface area contributed by atoms with Gasteiger partial charge >= 0.3 is 7.12 Å². The van der Waals surface area contributed by atoms with E-state index in [1.54, 1.807) is 0 Å². The number of fused-ring (bicyclic) bond motifs is 1. The first-order valence-electron chi connectivity index (χ1n) is 5.96. The number of hydrogen-bond donors (Lipinski definition) is 1. The molecule has 1 aliphatic heterocycles. The molecule has 0 bridgehead atoms. The number of Topliss-reactive ketones (excluding diaryl/α,β-unsaturated/α-hetero) is 1. The second-order valence-corrected chi connectivity index (χ2v) is 6.90. The van der Waals surface area contributed by atoms with Crippen LogP contribution in [-0.4, -0.2) is 38.4 Å². The van der Waals surface area contributed by atoms with Gasteiger partial charge in [-0.3, -0.25) is 4.79 Å². The molecule has 5 nitrogen and oxygen atoms in total. The highest BCUT2D eigenvalue weighted by Gasteiger charge is 2.29. The van der Waals surface area contributed by atoms with Crippen LogP contribution < -0.4 is 5.46 Å². The Morgan fingerprint density at radius 3 is 2.89 bits per heavy atom. The van der Waals surface area contributed by atoms with E-state index < -0.39 is 22.7 Å². The Balaban J connectivity index is 2.05. The minimum atomic E-state index is -3.27. The predicted octanol–water partition coefficient (Wildman–Crippen LogP) is -0.549. The van der Waals surface area contributed by atoms with Gasteiger partial charge in [0, 0.05) is 12.7 Å². The van der Waals surface area contributed by atoms with Crippen LogP contribution in [0, 0.1) is 0 Å². The number of aryl methyl sites for hydroxylation is 1. The number of ketones is 1. The van der Waals surface area contributed by atoms with Crippen molar-refractivity contribution in [3.63, 3.8) is 0 Å². The molecule has 102 valence electrons. The van der Waals surface area contributed by atoms with Crippen molar-refractivity contribution < 1.29 is 22.9 Å². The average Bonchev–Trinajstić information content (AvgIpc) is 2.67. The van der Waals surface area contributed by atoms with E-state index in [2.05, 4.69) is 0 Å². The molecule has 2 rings (SSSR count). The maximum absolute atomic E-state index is 11.5. The minimum absolute atomic E-state index is 0.149. The number of hydrogen-bond acceptors (Lipinski definition) is 5. The summed E-state index contributed by atoms with van der Waals surface area (Å²) in [6.07, 6.45) is 1.61. The highest BCUT2D eigenvalue weighted by Crippen LogP contribution is 2.14. The van der Waals surface area contributed by atoms with Crippen LogP contribution in [0.2, 0.25) is 0 Å². The molecule has 0 fully saturated rings. The molecule has 0 aromatic heterocycles. The van der Waals surface area contributed by atoms with Crippen molar-refractivity contribution in [1.82, 2.24) is 0 Å². The van der Waals surface area contributed by atoms with E-state index in [1.807, 2.05) is 18.2 Å². The molecule has 1 aromatic rings. The Morgan fingerprint density at radius 2 is 2.21 bits per heavy atom. The van der Waals surface area contributed by atoms with Gasteiger partial charge in [-0.05, 0) is 23.0 Å². The summed E-state index contributed by atoms with van der Waals surface area (Å²) in [4.78, 5) is 11.5. The number of carbonyl (C=O) groups excluding carboxylic acids is 1. The Morgan fingerprint density at radius 1 is 1.47 bits per heavy atom. The van der Waals surface area contributed by atoms with Gasteiger partial charge < -0.3 is 9.68 Å². The van der Waals surface area contributed by atoms with Crippen molar-refractivity contribution in [2.75, 3.05) is 12.0 Å². The average molecular weight is 282 g/mol. The molecule has 1 aromatic carbocycles. The molecule has 0 aliphatic carbocycles. The van der Waals surface area contributed by atoms with Crippen LogP contribution in [0.5, 0.6) is 0 Å². The Bertz CT molecular complexity index is 596. The quantitative estimate of drug-likeness (QED) is 0.733. The van der Waals surface area contributed by atoms with Gasteiger partial charge in [0.25, 0.3) is 0 Å². The highest BCUT2D eigenvalue weighted by atomic mass is 32.2. The fourth-order valence-corrected chi connectivity index (χ4v) is 2.95. The van der Waals surface area contributed by atoms with Crippen molar-refractivity contribution in [3.05, 3.63) is 29.3 Å². The summed E-state index contributed by atoms with van der Waals surface area (Å²) in [7, 11) is -4.22. The molecule has 0 spiro atoms. The Hall–Kier alpha value is -1.18. The van der Waals surface area contributed by atoms with Crippen molar-refractivity contribution in [1.29, 1.82) is 0 Å². The summed E-state index contributed by atoms with van der Waals surface area (Å²) in [5.41, 5.74) is 2.47. The lowest BCUT2D eigenvalue weighted by molar-refractivity contribution is -0.116. The van der Waals surface area contributed by atoms with Crippen LogP contribution in [-0.2, 0) is 32.3 Å². The molecular weight excluding hydrogens is 267 g/mol. The van der Waals surface area contributed by atoms with Crippen LogP contribution in [0.15, 0.2) is 18.2 Å². The summed E-state index contributed by atoms with van der Waals surface area (Å²) in [5, 5.41) is 9.71. The van der Waals surface area contributed by atoms with Crippen LogP contribution in [0.25, 0.3) is 0 Å². The lowest BCUT2D eigenvalue weighted by atomic mass is 9.75. The van der Waals surface area contributed by atoms with Gasteiger partial charge in [0.1, 0.15) is 11.5 Å². The maximum Gasteiger partial charge on any atom is 0.492 e. The van der Waals surface area contributed by atoms with Crippen LogP contribution in [0.3, 0.4) is 0 Å². The topological polar surface area (TPSA) is 80.7 Å². The van der Waals surface area contributed by atoms with E-state index in [0.29, 0.717) is 13.0 Å². The summed E-state index contributed by atoms with van der Waals surface area (Å²) >= 11 is 0. The molecule has 19 heavy (non-hydrogen) atoms. The number of benzene rings is 1. The monoisotopic (exact) mass is 282 g/mol. The third kappa shape index (κ3) is 3.65. The summed E-state index contributed by atoms with van der Waals surface area (Å²) in [6, 6.07) is 5.54. The van der Waals surface area contributed by atoms with Crippen molar-refractivity contribution in [3.8, 4) is 0 Å². The van der Waals surface area contributed by atoms with E-state index in [1.165, 1.54) is 0 Å². The molecular formula is C12H15BO5S. The van der Waals surface area contributed by atoms with Crippen LogP contribution in [0.1, 0.15) is 17.5 Å². The molecule has 0 amide bonds. The molecule has 7 heteroatoms. The molecule has 1 N–H and O–H groups in total. The first kappa shape index (κ1) is 14.2. The third-order valence-corrected chi connectivity index (χ3v) is 3.87. The Labute approximate surface area is 112 Å². The standard InChI is InChI=1S/C12H15BO5S/c1-19(16,17)8-11(14)6-5-9-3-2-4-10-7-18-13(15)12(9)10/h2-4,15H,5-8H2,1H3. The number of carbonyl (C=O) groups is 1. The van der Waals surface area contributed by atoms with E-state index in [0.717, 1.165) is 22.8 Å². The third-order valence-electron chi connectivity index (χ3n) is 3.03. The van der Waals surface area contributed by atoms with Gasteiger partial charge in [0.2, 0.25) is 0 Å². The smallest absolute Gasteiger partial charge is 0.423 e. The van der Waals surface area contributed by atoms with Gasteiger partial charge in [0.05, 0.1) is 6.61 Å². The zero-order valence-corrected chi connectivity index (χ0v) is 11.4. The van der Waals surface area contributed by atoms with E-state index in [4.69, 9.17) is 4.65 Å². The first-order valence-corrected chi connectivity index (χ1v) is 8.02. The van der Waals surface area contributed by atoms with Gasteiger partial charge in [0.15, 0.2) is 9.84 Å². The fourth-order valence-electron chi connectivity index (χ4n) is 2.22. The van der Waals surface area contributed by atoms with E-state index in [9.17, 15) is 18.2 Å². The zero-order chi connectivity index (χ0) is 14.0. The molecule has 0 unspecified atom stereocenters. The van der Waals surface area contributed by atoms with E-state index >= 15 is 0 Å². The molecule has 1 heterocycles. The zero-order valence-electron chi connectivity index (χ0n) is 10.6. The summed E-state index contributed by atoms with van der Waals surface area (Å²) in [6.45, 7) is 0.363. The molecule has 1 aliphatic rings. The second kappa shape index (κ2) is 5.44. The summed E-state index contributed by atoms with van der Waals surface area (Å²) < 4.78 is 27.1. The van der Waals surface area contributed by atoms with Crippen molar-refractivity contribution >= 4 is 28.2 Å². The molecule has 0 saturated carbocycles. The van der Waals surface area contributed by atoms with Crippen molar-refractivity contribution in [2.24, 2.45) is 0 Å². The predicted molar refractivity (Wildman–Crippen MR) is 71.9 cm³/mol.